The minimum atomic E-state index is 0.413. The highest BCUT2D eigenvalue weighted by Crippen LogP contribution is 2.30. The van der Waals surface area contributed by atoms with Crippen molar-refractivity contribution >= 4 is 34.3 Å². The van der Waals surface area contributed by atoms with Crippen LogP contribution in [0.3, 0.4) is 0 Å². The van der Waals surface area contributed by atoms with E-state index in [0.717, 1.165) is 18.8 Å². The summed E-state index contributed by atoms with van der Waals surface area (Å²) >= 11 is 6.05. The first-order valence-electron chi connectivity index (χ1n) is 8.18. The number of H-pyrrole nitrogens is 1. The molecule has 0 aromatic carbocycles. The van der Waals surface area contributed by atoms with Crippen LogP contribution in [0.15, 0.2) is 18.6 Å². The fourth-order valence-corrected chi connectivity index (χ4v) is 2.84. The number of nitrogens with one attached hydrogen (secondary N) is 3. The molecule has 3 N–H and O–H groups in total. The van der Waals surface area contributed by atoms with Gasteiger partial charge in [0, 0.05) is 33.1 Å². The highest BCUT2D eigenvalue weighted by Gasteiger charge is 2.13. The summed E-state index contributed by atoms with van der Waals surface area (Å²) in [5, 5.41) is 11.5. The third-order valence-electron chi connectivity index (χ3n) is 3.95. The third kappa shape index (κ3) is 4.24. The summed E-state index contributed by atoms with van der Waals surface area (Å²) in [6, 6.07) is 0. The number of hydrogen-bond donors (Lipinski definition) is 3. The van der Waals surface area contributed by atoms with E-state index < -0.39 is 0 Å². The van der Waals surface area contributed by atoms with Gasteiger partial charge in [0.1, 0.15) is 5.65 Å². The van der Waals surface area contributed by atoms with Crippen molar-refractivity contribution in [1.29, 1.82) is 0 Å². The second-order valence-electron chi connectivity index (χ2n) is 5.79. The number of fused-ring (bicyclic) bond motifs is 1. The number of aryl methyl sites for hydroxylation is 1. The number of ether oxygens (including phenoxy) is 2. The summed E-state index contributed by atoms with van der Waals surface area (Å²) in [5.41, 5.74) is 1.41. The molecule has 3 aromatic rings. The van der Waals surface area contributed by atoms with Crippen LogP contribution in [-0.4, -0.2) is 58.1 Å². The Hall–Kier alpha value is -2.36. The number of rotatable bonds is 4. The van der Waals surface area contributed by atoms with Crippen molar-refractivity contribution in [2.45, 2.75) is 12.5 Å². The number of methoxy groups -OCH3 is 2. The largest absolute Gasteiger partial charge is 0.480 e. The van der Waals surface area contributed by atoms with Crippen LogP contribution in [0.25, 0.3) is 11.0 Å². The molecule has 0 amide bonds. The van der Waals surface area contributed by atoms with E-state index in [1.807, 2.05) is 13.2 Å². The number of nitrogens with zero attached hydrogens (tertiary/aromatic N) is 4. The van der Waals surface area contributed by atoms with Crippen molar-refractivity contribution < 1.29 is 9.47 Å². The molecule has 1 aliphatic rings. The van der Waals surface area contributed by atoms with E-state index >= 15 is 0 Å². The predicted octanol–water partition coefficient (Wildman–Crippen LogP) is 2.09. The minimum absolute atomic E-state index is 0.413. The predicted molar refractivity (Wildman–Crippen MR) is 100 cm³/mol. The van der Waals surface area contributed by atoms with Gasteiger partial charge in [0.15, 0.2) is 0 Å². The molecule has 1 saturated heterocycles. The number of aromatic amines is 1. The van der Waals surface area contributed by atoms with Gasteiger partial charge in [-0.2, -0.15) is 15.1 Å². The molecular formula is C16H22ClN7O2. The maximum atomic E-state index is 6.05. The van der Waals surface area contributed by atoms with E-state index in [9.17, 15) is 0 Å². The summed E-state index contributed by atoms with van der Waals surface area (Å²) in [7, 11) is 5.14. The molecule has 140 valence electrons. The van der Waals surface area contributed by atoms with Crippen LogP contribution in [0.5, 0.6) is 5.88 Å². The van der Waals surface area contributed by atoms with Crippen LogP contribution in [0, 0.1) is 0 Å². The molecule has 3 aromatic heterocycles. The first-order chi connectivity index (χ1) is 12.6. The zero-order chi connectivity index (χ0) is 18.5. The number of halogens is 1. The zero-order valence-corrected chi connectivity index (χ0v) is 15.7. The third-order valence-corrected chi connectivity index (χ3v) is 4.25. The molecule has 0 bridgehead atoms. The standard InChI is InChI=1S/C11H11ClN6O.C5H11NO/c1-18-5-6(3-14-18)15-11-16-9-8(7(12)4-13-9)10(17-11)19-2;1-7-5-2-3-6-4-5/h3-5H,1-2H3,(H2,13,15,16,17);5-6H,2-4H2,1H3. The average molecular weight is 380 g/mol. The Morgan fingerprint density at radius 3 is 2.77 bits per heavy atom. The summed E-state index contributed by atoms with van der Waals surface area (Å²) in [6.07, 6.45) is 6.82. The first-order valence-corrected chi connectivity index (χ1v) is 8.56. The molecule has 1 fully saturated rings. The van der Waals surface area contributed by atoms with Crippen LogP contribution in [0.1, 0.15) is 6.42 Å². The molecule has 0 aliphatic carbocycles. The van der Waals surface area contributed by atoms with Crippen molar-refractivity contribution in [2.75, 3.05) is 32.6 Å². The lowest BCUT2D eigenvalue weighted by Gasteiger charge is -2.05. The SMILES string of the molecule is COC1CCNC1.COc1nc(Nc2cnn(C)c2)nc2[nH]cc(Cl)c12. The summed E-state index contributed by atoms with van der Waals surface area (Å²) < 4.78 is 12.0. The van der Waals surface area contributed by atoms with Gasteiger partial charge < -0.3 is 25.1 Å². The second kappa shape index (κ2) is 8.35. The van der Waals surface area contributed by atoms with Crippen LogP contribution < -0.4 is 15.4 Å². The Balaban J connectivity index is 0.000000236. The molecule has 1 aliphatic heterocycles. The lowest BCUT2D eigenvalue weighted by molar-refractivity contribution is 0.119. The van der Waals surface area contributed by atoms with E-state index in [0.29, 0.717) is 34.0 Å². The Labute approximate surface area is 156 Å². The molecule has 4 heterocycles. The maximum absolute atomic E-state index is 6.05. The van der Waals surface area contributed by atoms with Crippen LogP contribution in [-0.2, 0) is 11.8 Å². The Bertz CT molecular complexity index is 858. The molecule has 0 radical (unpaired) electrons. The summed E-state index contributed by atoms with van der Waals surface area (Å²) in [4.78, 5) is 11.6. The van der Waals surface area contributed by atoms with E-state index in [4.69, 9.17) is 21.1 Å². The number of anilines is 2. The molecule has 0 saturated carbocycles. The van der Waals surface area contributed by atoms with Gasteiger partial charge in [0.2, 0.25) is 11.8 Å². The lowest BCUT2D eigenvalue weighted by Crippen LogP contribution is -2.14. The van der Waals surface area contributed by atoms with Crippen molar-refractivity contribution in [2.24, 2.45) is 7.05 Å². The van der Waals surface area contributed by atoms with Gasteiger partial charge in [0.05, 0.1) is 35.5 Å². The van der Waals surface area contributed by atoms with Gasteiger partial charge in [-0.15, -0.1) is 0 Å². The normalized spacial score (nSPS) is 16.4. The van der Waals surface area contributed by atoms with E-state index in [1.165, 1.54) is 6.42 Å². The van der Waals surface area contributed by atoms with Gasteiger partial charge >= 0.3 is 0 Å². The lowest BCUT2D eigenvalue weighted by atomic mass is 10.3. The summed E-state index contributed by atoms with van der Waals surface area (Å²) in [6.45, 7) is 2.16. The highest BCUT2D eigenvalue weighted by molar-refractivity contribution is 6.35. The van der Waals surface area contributed by atoms with Crippen molar-refractivity contribution in [3.05, 3.63) is 23.6 Å². The topological polar surface area (TPSA) is 102 Å². The molecule has 1 atom stereocenters. The van der Waals surface area contributed by atoms with Gasteiger partial charge in [-0.3, -0.25) is 4.68 Å². The monoisotopic (exact) mass is 379 g/mol. The van der Waals surface area contributed by atoms with Gasteiger partial charge in [-0.1, -0.05) is 11.6 Å². The van der Waals surface area contributed by atoms with Crippen LogP contribution in [0.2, 0.25) is 5.02 Å². The van der Waals surface area contributed by atoms with Crippen molar-refractivity contribution in [3.63, 3.8) is 0 Å². The molecule has 10 heteroatoms. The summed E-state index contributed by atoms with van der Waals surface area (Å²) in [5.74, 6) is 0.832. The second-order valence-corrected chi connectivity index (χ2v) is 6.20. The highest BCUT2D eigenvalue weighted by atomic mass is 35.5. The van der Waals surface area contributed by atoms with Crippen LogP contribution in [0.4, 0.5) is 11.6 Å². The molecular weight excluding hydrogens is 358 g/mol. The van der Waals surface area contributed by atoms with Crippen molar-refractivity contribution in [1.82, 2.24) is 30.0 Å². The Morgan fingerprint density at radius 1 is 1.35 bits per heavy atom. The van der Waals surface area contributed by atoms with Gasteiger partial charge in [0.25, 0.3) is 0 Å². The van der Waals surface area contributed by atoms with E-state index in [-0.39, 0.29) is 0 Å². The zero-order valence-electron chi connectivity index (χ0n) is 14.9. The molecule has 1 unspecified atom stereocenters. The molecule has 9 nitrogen and oxygen atoms in total. The minimum Gasteiger partial charge on any atom is -0.480 e. The van der Waals surface area contributed by atoms with E-state index in [1.54, 1.807) is 31.3 Å². The molecule has 4 rings (SSSR count). The van der Waals surface area contributed by atoms with Gasteiger partial charge in [-0.05, 0) is 13.0 Å². The quantitative estimate of drug-likeness (QED) is 0.637. The number of aromatic nitrogens is 5. The smallest absolute Gasteiger partial charge is 0.232 e. The van der Waals surface area contributed by atoms with E-state index in [2.05, 4.69) is 30.7 Å². The van der Waals surface area contributed by atoms with Gasteiger partial charge in [-0.25, -0.2) is 0 Å². The maximum Gasteiger partial charge on any atom is 0.232 e. The fraction of sp³-hybridized carbons (Fsp3) is 0.438. The average Bonchev–Trinajstić information content (AvgIpc) is 3.37. The Kier molecular flexibility index (Phi) is 5.92. The fourth-order valence-electron chi connectivity index (χ4n) is 2.61. The Morgan fingerprint density at radius 2 is 2.19 bits per heavy atom. The molecule has 0 spiro atoms. The van der Waals surface area contributed by atoms with Crippen LogP contribution >= 0.6 is 11.6 Å². The molecule has 26 heavy (non-hydrogen) atoms. The van der Waals surface area contributed by atoms with Crippen molar-refractivity contribution in [3.8, 4) is 5.88 Å². The number of hydrogen-bond acceptors (Lipinski definition) is 7. The first kappa shape index (κ1) is 18.4.